The van der Waals surface area contributed by atoms with Gasteiger partial charge >= 0.3 is 0 Å². The van der Waals surface area contributed by atoms with Crippen LogP contribution in [0.5, 0.6) is 11.5 Å². The van der Waals surface area contributed by atoms with Crippen molar-refractivity contribution >= 4 is 12.0 Å². The minimum absolute atomic E-state index is 0.0261. The normalized spacial score (nSPS) is 24.2. The van der Waals surface area contributed by atoms with Crippen LogP contribution in [0.25, 0.3) is 6.08 Å². The summed E-state index contributed by atoms with van der Waals surface area (Å²) in [5, 5.41) is 3.05. The van der Waals surface area contributed by atoms with Crippen molar-refractivity contribution in [3.05, 3.63) is 29.8 Å². The third-order valence-corrected chi connectivity index (χ3v) is 3.86. The lowest BCUT2D eigenvalue weighted by Gasteiger charge is -2.10. The van der Waals surface area contributed by atoms with Crippen LogP contribution < -0.4 is 14.8 Å². The van der Waals surface area contributed by atoms with Crippen molar-refractivity contribution in [1.82, 2.24) is 5.32 Å². The average Bonchev–Trinajstić information content (AvgIpc) is 3.04. The van der Waals surface area contributed by atoms with Crippen molar-refractivity contribution < 1.29 is 14.3 Å². The van der Waals surface area contributed by atoms with Gasteiger partial charge in [-0.05, 0) is 49.0 Å². The Kier molecular flexibility index (Phi) is 3.63. The summed E-state index contributed by atoms with van der Waals surface area (Å²) in [6, 6.07) is 5.98. The number of carbonyl (C=O) groups is 1. The minimum Gasteiger partial charge on any atom is -0.454 e. The van der Waals surface area contributed by atoms with E-state index < -0.39 is 0 Å². The van der Waals surface area contributed by atoms with Crippen LogP contribution in [0.1, 0.15) is 31.7 Å². The first-order chi connectivity index (χ1) is 9.70. The van der Waals surface area contributed by atoms with Gasteiger partial charge in [-0.1, -0.05) is 13.0 Å². The van der Waals surface area contributed by atoms with Crippen molar-refractivity contribution in [3.8, 4) is 11.5 Å². The Balaban J connectivity index is 1.58. The van der Waals surface area contributed by atoms with Gasteiger partial charge in [0.1, 0.15) is 0 Å². The van der Waals surface area contributed by atoms with Gasteiger partial charge in [0.15, 0.2) is 11.5 Å². The molecule has 0 spiro atoms. The van der Waals surface area contributed by atoms with E-state index in [4.69, 9.17) is 9.47 Å². The zero-order chi connectivity index (χ0) is 13.9. The Morgan fingerprint density at radius 3 is 2.95 bits per heavy atom. The van der Waals surface area contributed by atoms with Crippen LogP contribution in [0.2, 0.25) is 0 Å². The third-order valence-electron chi connectivity index (χ3n) is 3.86. The Morgan fingerprint density at radius 1 is 1.30 bits per heavy atom. The standard InChI is InChI=1S/C16H19NO3/c1-11-2-5-13(8-11)17-16(18)7-4-12-3-6-14-15(9-12)20-10-19-14/h3-4,6-7,9,11,13H,2,5,8,10H2,1H3,(H,17,18)/b7-4+. The molecule has 1 fully saturated rings. The molecule has 3 rings (SSSR count). The maximum absolute atomic E-state index is 11.9. The summed E-state index contributed by atoms with van der Waals surface area (Å²) in [6.45, 7) is 2.50. The number of fused-ring (bicyclic) bond motifs is 1. The van der Waals surface area contributed by atoms with Crippen molar-refractivity contribution in [2.45, 2.75) is 32.2 Å². The maximum atomic E-state index is 11.9. The Labute approximate surface area is 118 Å². The SMILES string of the molecule is CC1CCC(NC(=O)/C=C/c2ccc3c(c2)OCO3)C1. The summed E-state index contributed by atoms with van der Waals surface area (Å²) >= 11 is 0. The van der Waals surface area contributed by atoms with E-state index in [-0.39, 0.29) is 12.7 Å². The van der Waals surface area contributed by atoms with E-state index in [2.05, 4.69) is 12.2 Å². The number of hydrogen-bond donors (Lipinski definition) is 1. The summed E-state index contributed by atoms with van der Waals surface area (Å²) in [5.74, 6) is 2.18. The first-order valence-corrected chi connectivity index (χ1v) is 7.09. The molecule has 2 atom stereocenters. The van der Waals surface area contributed by atoms with Gasteiger partial charge in [0.2, 0.25) is 12.7 Å². The van der Waals surface area contributed by atoms with E-state index >= 15 is 0 Å². The maximum Gasteiger partial charge on any atom is 0.244 e. The van der Waals surface area contributed by atoms with E-state index in [0.717, 1.165) is 35.8 Å². The zero-order valence-electron chi connectivity index (χ0n) is 11.6. The Bertz CT molecular complexity index is 539. The van der Waals surface area contributed by atoms with Crippen LogP contribution in [-0.4, -0.2) is 18.7 Å². The Hall–Kier alpha value is -1.97. The highest BCUT2D eigenvalue weighted by Crippen LogP contribution is 2.32. The fraction of sp³-hybridized carbons (Fsp3) is 0.438. The molecule has 1 heterocycles. The molecule has 2 unspecified atom stereocenters. The van der Waals surface area contributed by atoms with Gasteiger partial charge in [0.25, 0.3) is 0 Å². The highest BCUT2D eigenvalue weighted by atomic mass is 16.7. The molecule has 2 aliphatic rings. The molecule has 1 saturated carbocycles. The summed E-state index contributed by atoms with van der Waals surface area (Å²) in [6.07, 6.45) is 6.77. The van der Waals surface area contributed by atoms with Crippen LogP contribution in [0.3, 0.4) is 0 Å². The van der Waals surface area contributed by atoms with Gasteiger partial charge in [0, 0.05) is 12.1 Å². The fourth-order valence-electron chi connectivity index (χ4n) is 2.78. The van der Waals surface area contributed by atoms with Gasteiger partial charge in [-0.2, -0.15) is 0 Å². The van der Waals surface area contributed by atoms with Crippen LogP contribution in [0.4, 0.5) is 0 Å². The molecule has 1 amide bonds. The van der Waals surface area contributed by atoms with Gasteiger partial charge in [-0.3, -0.25) is 4.79 Å². The number of nitrogens with one attached hydrogen (secondary N) is 1. The highest BCUT2D eigenvalue weighted by molar-refractivity contribution is 5.92. The third kappa shape index (κ3) is 2.95. The molecule has 0 aromatic heterocycles. The molecular weight excluding hydrogens is 254 g/mol. The van der Waals surface area contributed by atoms with E-state index in [1.807, 2.05) is 18.2 Å². The largest absolute Gasteiger partial charge is 0.454 e. The Morgan fingerprint density at radius 2 is 2.15 bits per heavy atom. The predicted octanol–water partition coefficient (Wildman–Crippen LogP) is 2.73. The van der Waals surface area contributed by atoms with E-state index in [1.165, 1.54) is 6.42 Å². The molecule has 1 aromatic carbocycles. The highest BCUT2D eigenvalue weighted by Gasteiger charge is 2.21. The van der Waals surface area contributed by atoms with E-state index in [0.29, 0.717) is 6.04 Å². The predicted molar refractivity (Wildman–Crippen MR) is 76.5 cm³/mol. The second-order valence-corrected chi connectivity index (χ2v) is 5.57. The number of carbonyl (C=O) groups excluding carboxylic acids is 1. The van der Waals surface area contributed by atoms with Gasteiger partial charge in [-0.25, -0.2) is 0 Å². The van der Waals surface area contributed by atoms with Crippen molar-refractivity contribution in [1.29, 1.82) is 0 Å². The molecule has 4 heteroatoms. The summed E-state index contributed by atoms with van der Waals surface area (Å²) < 4.78 is 10.6. The molecule has 0 radical (unpaired) electrons. The van der Waals surface area contributed by atoms with Crippen molar-refractivity contribution in [3.63, 3.8) is 0 Å². The number of amides is 1. The lowest BCUT2D eigenvalue weighted by molar-refractivity contribution is -0.117. The average molecular weight is 273 g/mol. The molecule has 1 N–H and O–H groups in total. The van der Waals surface area contributed by atoms with Crippen LogP contribution in [0, 0.1) is 5.92 Å². The molecule has 106 valence electrons. The molecule has 0 bridgehead atoms. The van der Waals surface area contributed by atoms with Crippen LogP contribution in [-0.2, 0) is 4.79 Å². The second-order valence-electron chi connectivity index (χ2n) is 5.57. The molecule has 20 heavy (non-hydrogen) atoms. The monoisotopic (exact) mass is 273 g/mol. The summed E-state index contributed by atoms with van der Waals surface area (Å²) in [4.78, 5) is 11.9. The second kappa shape index (κ2) is 5.57. The summed E-state index contributed by atoms with van der Waals surface area (Å²) in [7, 11) is 0. The molecule has 4 nitrogen and oxygen atoms in total. The molecule has 1 aromatic rings. The zero-order valence-corrected chi connectivity index (χ0v) is 11.6. The van der Waals surface area contributed by atoms with Gasteiger partial charge in [0.05, 0.1) is 0 Å². The fourth-order valence-corrected chi connectivity index (χ4v) is 2.78. The quantitative estimate of drug-likeness (QED) is 0.861. The minimum atomic E-state index is -0.0261. The molecule has 1 aliphatic carbocycles. The van der Waals surface area contributed by atoms with Crippen LogP contribution in [0.15, 0.2) is 24.3 Å². The topological polar surface area (TPSA) is 47.6 Å². The number of benzene rings is 1. The smallest absolute Gasteiger partial charge is 0.244 e. The van der Waals surface area contributed by atoms with E-state index in [1.54, 1.807) is 12.2 Å². The number of hydrogen-bond acceptors (Lipinski definition) is 3. The first kappa shape index (κ1) is 13.0. The molecule has 1 aliphatic heterocycles. The van der Waals surface area contributed by atoms with E-state index in [9.17, 15) is 4.79 Å². The molecular formula is C16H19NO3. The summed E-state index contributed by atoms with van der Waals surface area (Å²) in [5.41, 5.74) is 0.934. The number of rotatable bonds is 3. The lowest BCUT2D eigenvalue weighted by atomic mass is 10.1. The van der Waals surface area contributed by atoms with Crippen LogP contribution >= 0.6 is 0 Å². The molecule has 0 saturated heterocycles. The van der Waals surface area contributed by atoms with Gasteiger partial charge in [-0.15, -0.1) is 0 Å². The first-order valence-electron chi connectivity index (χ1n) is 7.09. The lowest BCUT2D eigenvalue weighted by Crippen LogP contribution is -2.31. The van der Waals surface area contributed by atoms with Gasteiger partial charge < -0.3 is 14.8 Å². The van der Waals surface area contributed by atoms with Crippen molar-refractivity contribution in [2.24, 2.45) is 5.92 Å². The number of ether oxygens (including phenoxy) is 2. The van der Waals surface area contributed by atoms with Crippen molar-refractivity contribution in [2.75, 3.05) is 6.79 Å².